The average molecular weight is 480 g/mol. The summed E-state index contributed by atoms with van der Waals surface area (Å²) in [6.45, 7) is 4.43. The van der Waals surface area contributed by atoms with E-state index in [1.54, 1.807) is 40.9 Å². The molecule has 2 aliphatic rings. The Labute approximate surface area is 204 Å². The van der Waals surface area contributed by atoms with E-state index in [9.17, 15) is 14.4 Å². The number of carbonyl (C=O) groups is 3. The topological polar surface area (TPSA) is 79.0 Å². The highest BCUT2D eigenvalue weighted by atomic mass is 32.2. The first-order valence-electron chi connectivity index (χ1n) is 11.4. The Morgan fingerprint density at radius 2 is 1.65 bits per heavy atom. The smallest absolute Gasteiger partial charge is 0.251 e. The third-order valence-corrected chi connectivity index (χ3v) is 7.28. The number of piperazine rings is 1. The number of thioether (sulfide) groups is 1. The van der Waals surface area contributed by atoms with Gasteiger partial charge in [0.15, 0.2) is 0 Å². The van der Waals surface area contributed by atoms with E-state index >= 15 is 0 Å². The maximum absolute atomic E-state index is 12.7. The zero-order chi connectivity index (χ0) is 23.9. The number of rotatable bonds is 7. The first-order chi connectivity index (χ1) is 16.5. The van der Waals surface area contributed by atoms with Crippen LogP contribution in [-0.2, 0) is 16.2 Å². The van der Waals surface area contributed by atoms with E-state index in [0.29, 0.717) is 44.1 Å². The van der Waals surface area contributed by atoms with Crippen molar-refractivity contribution in [2.24, 2.45) is 5.92 Å². The van der Waals surface area contributed by atoms with Gasteiger partial charge in [-0.25, -0.2) is 0 Å². The van der Waals surface area contributed by atoms with E-state index in [1.165, 1.54) is 0 Å². The van der Waals surface area contributed by atoms with Crippen LogP contribution in [0.5, 0.6) is 5.75 Å². The van der Waals surface area contributed by atoms with Gasteiger partial charge in [-0.2, -0.15) is 0 Å². The number of ether oxygens (including phenoxy) is 1. The molecule has 2 aromatic rings. The molecule has 2 unspecified atom stereocenters. The fourth-order valence-corrected chi connectivity index (χ4v) is 5.04. The molecule has 2 aromatic carbocycles. The fraction of sp³-hybridized carbons (Fsp3) is 0.346. The van der Waals surface area contributed by atoms with E-state index in [1.807, 2.05) is 47.6 Å². The lowest BCUT2D eigenvalue weighted by Crippen LogP contribution is -2.54. The van der Waals surface area contributed by atoms with Crippen LogP contribution in [0.2, 0.25) is 0 Å². The van der Waals surface area contributed by atoms with Crippen molar-refractivity contribution in [3.8, 4) is 5.75 Å². The van der Waals surface area contributed by atoms with Crippen LogP contribution < -0.4 is 10.1 Å². The second-order valence-corrected chi connectivity index (χ2v) is 9.48. The molecule has 0 bridgehead atoms. The van der Waals surface area contributed by atoms with E-state index in [-0.39, 0.29) is 35.4 Å². The van der Waals surface area contributed by atoms with Gasteiger partial charge in [0.2, 0.25) is 11.8 Å². The van der Waals surface area contributed by atoms with Crippen molar-refractivity contribution in [1.29, 1.82) is 0 Å². The van der Waals surface area contributed by atoms with Crippen LogP contribution in [0.25, 0.3) is 0 Å². The van der Waals surface area contributed by atoms with Gasteiger partial charge in [0.05, 0.1) is 11.8 Å². The van der Waals surface area contributed by atoms with Gasteiger partial charge in [-0.3, -0.25) is 14.4 Å². The molecule has 2 heterocycles. The van der Waals surface area contributed by atoms with Crippen LogP contribution in [-0.4, -0.2) is 65.5 Å². The third-order valence-electron chi connectivity index (χ3n) is 6.04. The Morgan fingerprint density at radius 1 is 0.971 bits per heavy atom. The molecular formula is C26H29N3O4S. The molecule has 3 amide bonds. The average Bonchev–Trinajstić information content (AvgIpc) is 3.32. The molecule has 2 aliphatic heterocycles. The maximum atomic E-state index is 12.7. The van der Waals surface area contributed by atoms with Crippen LogP contribution >= 0.6 is 11.8 Å². The molecule has 7 nitrogen and oxygen atoms in total. The summed E-state index contributed by atoms with van der Waals surface area (Å²) in [5.41, 5.74) is 1.53. The quantitative estimate of drug-likeness (QED) is 0.661. The molecule has 2 atom stereocenters. The van der Waals surface area contributed by atoms with Gasteiger partial charge in [0, 0.05) is 31.7 Å². The van der Waals surface area contributed by atoms with Gasteiger partial charge < -0.3 is 19.9 Å². The summed E-state index contributed by atoms with van der Waals surface area (Å²) in [4.78, 5) is 41.3. The summed E-state index contributed by atoms with van der Waals surface area (Å²) in [6, 6.07) is 16.7. The van der Waals surface area contributed by atoms with Crippen LogP contribution in [0.1, 0.15) is 22.8 Å². The maximum Gasteiger partial charge on any atom is 0.251 e. The number of benzene rings is 2. The third kappa shape index (κ3) is 5.99. The van der Waals surface area contributed by atoms with Crippen LogP contribution in [0.15, 0.2) is 66.1 Å². The summed E-state index contributed by atoms with van der Waals surface area (Å²) in [5.74, 6) is 0.589. The largest absolute Gasteiger partial charge is 0.489 e. The number of carbonyl (C=O) groups excluding carboxylic acids is 3. The van der Waals surface area contributed by atoms with Gasteiger partial charge in [0.1, 0.15) is 12.4 Å². The normalized spacial score (nSPS) is 19.7. The first kappa shape index (κ1) is 23.9. The zero-order valence-electron chi connectivity index (χ0n) is 19.2. The second-order valence-electron chi connectivity index (χ2n) is 8.43. The number of nitrogens with zero attached hydrogens (tertiary/aromatic N) is 2. The molecular weight excluding hydrogens is 450 g/mol. The zero-order valence-corrected chi connectivity index (χ0v) is 20.0. The van der Waals surface area contributed by atoms with Crippen molar-refractivity contribution in [3.05, 3.63) is 77.2 Å². The van der Waals surface area contributed by atoms with E-state index in [0.717, 1.165) is 5.56 Å². The summed E-state index contributed by atoms with van der Waals surface area (Å²) >= 11 is 1.56. The predicted octanol–water partition coefficient (Wildman–Crippen LogP) is 2.93. The van der Waals surface area contributed by atoms with E-state index in [4.69, 9.17) is 4.74 Å². The lowest BCUT2D eigenvalue weighted by Gasteiger charge is -2.36. The Morgan fingerprint density at radius 3 is 2.29 bits per heavy atom. The van der Waals surface area contributed by atoms with Crippen LogP contribution in [0, 0.1) is 5.92 Å². The van der Waals surface area contributed by atoms with Crippen molar-refractivity contribution in [1.82, 2.24) is 15.1 Å². The predicted molar refractivity (Wildman–Crippen MR) is 132 cm³/mol. The molecule has 0 saturated carbocycles. The molecule has 34 heavy (non-hydrogen) atoms. The number of amides is 3. The highest BCUT2D eigenvalue weighted by Crippen LogP contribution is 2.31. The molecule has 1 N–H and O–H groups in total. The lowest BCUT2D eigenvalue weighted by molar-refractivity contribution is -0.138. The van der Waals surface area contributed by atoms with Gasteiger partial charge in [0.25, 0.3) is 5.91 Å². The van der Waals surface area contributed by atoms with Crippen molar-refractivity contribution in [3.63, 3.8) is 0 Å². The molecule has 8 heteroatoms. The molecule has 1 saturated heterocycles. The molecule has 0 radical (unpaired) electrons. The molecule has 178 valence electrons. The standard InChI is InChI=1S/C26H29N3O4S/c1-19-11-16-34-24(19)26(32)29-14-12-28(13-15-29)23(30)17-27-25(31)21-7-9-22(10-8-21)33-18-20-5-3-2-4-6-20/h2-11,16,19,24H,12-15,17-18H2,1H3,(H,27,31). The molecule has 1 fully saturated rings. The van der Waals surface area contributed by atoms with Gasteiger partial charge in [-0.15, -0.1) is 11.8 Å². The van der Waals surface area contributed by atoms with Crippen LogP contribution in [0.3, 0.4) is 0 Å². The van der Waals surface area contributed by atoms with Crippen molar-refractivity contribution >= 4 is 29.5 Å². The summed E-state index contributed by atoms with van der Waals surface area (Å²) in [5, 5.41) is 4.62. The Hall–Kier alpha value is -3.26. The van der Waals surface area contributed by atoms with E-state index < -0.39 is 0 Å². The summed E-state index contributed by atoms with van der Waals surface area (Å²) in [7, 11) is 0. The highest BCUT2D eigenvalue weighted by molar-refractivity contribution is 8.03. The number of nitrogens with one attached hydrogen (secondary N) is 1. The monoisotopic (exact) mass is 479 g/mol. The SMILES string of the molecule is CC1C=CSC1C(=O)N1CCN(C(=O)CNC(=O)c2ccc(OCc3ccccc3)cc2)CC1. The lowest BCUT2D eigenvalue weighted by atomic mass is 10.1. The summed E-state index contributed by atoms with van der Waals surface area (Å²) in [6.07, 6.45) is 2.06. The highest BCUT2D eigenvalue weighted by Gasteiger charge is 2.33. The van der Waals surface area contributed by atoms with Gasteiger partial charge in [-0.05, 0) is 41.2 Å². The first-order valence-corrected chi connectivity index (χ1v) is 12.4. The number of allylic oxidation sites excluding steroid dienone is 1. The Balaban J connectivity index is 1.19. The van der Waals surface area contributed by atoms with Gasteiger partial charge >= 0.3 is 0 Å². The molecule has 4 rings (SSSR count). The molecule has 0 aromatic heterocycles. The fourth-order valence-electron chi connectivity index (χ4n) is 3.93. The van der Waals surface area contributed by atoms with E-state index in [2.05, 4.69) is 11.4 Å². The van der Waals surface area contributed by atoms with Crippen molar-refractivity contribution < 1.29 is 19.1 Å². The second kappa shape index (κ2) is 11.2. The molecule has 0 spiro atoms. The summed E-state index contributed by atoms with van der Waals surface area (Å²) < 4.78 is 5.74. The minimum absolute atomic E-state index is 0.0586. The van der Waals surface area contributed by atoms with Gasteiger partial charge in [-0.1, -0.05) is 43.3 Å². The minimum atomic E-state index is -0.309. The van der Waals surface area contributed by atoms with Crippen molar-refractivity contribution in [2.45, 2.75) is 18.8 Å². The molecule has 0 aliphatic carbocycles. The number of hydrogen-bond acceptors (Lipinski definition) is 5. The number of hydrogen-bond donors (Lipinski definition) is 1. The minimum Gasteiger partial charge on any atom is -0.489 e. The Kier molecular flexibility index (Phi) is 7.90. The van der Waals surface area contributed by atoms with Crippen LogP contribution in [0.4, 0.5) is 0 Å². The Bertz CT molecular complexity index is 1030. The van der Waals surface area contributed by atoms with Crippen molar-refractivity contribution in [2.75, 3.05) is 32.7 Å².